The first-order valence-corrected chi connectivity index (χ1v) is 8.88. The second-order valence-electron chi connectivity index (χ2n) is 6.53. The maximum Gasteiger partial charge on any atom is 0.322 e. The summed E-state index contributed by atoms with van der Waals surface area (Å²) in [5.41, 5.74) is -0.372. The van der Waals surface area contributed by atoms with E-state index in [4.69, 9.17) is 11.6 Å². The molecule has 0 unspecified atom stereocenters. The average Bonchev–Trinajstić information content (AvgIpc) is 2.98. The van der Waals surface area contributed by atoms with Crippen LogP contribution in [0.1, 0.15) is 18.4 Å². The van der Waals surface area contributed by atoms with Gasteiger partial charge < -0.3 is 10.2 Å². The number of anilines is 1. The van der Waals surface area contributed by atoms with Crippen LogP contribution in [0.5, 0.6) is 0 Å². The first kappa shape index (κ1) is 16.8. The standard InChI is InChI=1S/C18H18ClN5O2/c19-14-4-2-8-21-15(14)24-9-5-12(6-10-24)18(13-3-1-7-20-11-13)16(25)22-17(26)23-18/h1-4,7-8,11-12H,5-6,9-10H2,(H2,22,23,25,26)/t18-/m0/s1. The van der Waals surface area contributed by atoms with Gasteiger partial charge in [0.2, 0.25) is 0 Å². The lowest BCUT2D eigenvalue weighted by Crippen LogP contribution is -2.53. The van der Waals surface area contributed by atoms with Crippen LogP contribution in [0.2, 0.25) is 5.02 Å². The number of rotatable bonds is 3. The Kier molecular flexibility index (Phi) is 4.24. The zero-order chi connectivity index (χ0) is 18.1. The van der Waals surface area contributed by atoms with Crippen molar-refractivity contribution < 1.29 is 9.59 Å². The van der Waals surface area contributed by atoms with Crippen LogP contribution in [-0.2, 0) is 10.3 Å². The number of piperidine rings is 1. The lowest BCUT2D eigenvalue weighted by molar-refractivity contribution is -0.126. The van der Waals surface area contributed by atoms with Gasteiger partial charge in [0, 0.05) is 37.2 Å². The largest absolute Gasteiger partial charge is 0.355 e. The molecule has 8 heteroatoms. The fourth-order valence-electron chi connectivity index (χ4n) is 3.93. The van der Waals surface area contributed by atoms with Crippen LogP contribution in [0.25, 0.3) is 0 Å². The van der Waals surface area contributed by atoms with E-state index in [0.29, 0.717) is 23.7 Å². The number of imide groups is 1. The van der Waals surface area contributed by atoms with E-state index in [-0.39, 0.29) is 11.8 Å². The van der Waals surface area contributed by atoms with Crippen molar-refractivity contribution in [3.8, 4) is 0 Å². The van der Waals surface area contributed by atoms with Crippen molar-refractivity contribution in [3.63, 3.8) is 0 Å². The van der Waals surface area contributed by atoms with Gasteiger partial charge in [-0.25, -0.2) is 9.78 Å². The highest BCUT2D eigenvalue weighted by Gasteiger charge is 2.53. The fraction of sp³-hybridized carbons (Fsp3) is 0.333. The Morgan fingerprint density at radius 2 is 1.92 bits per heavy atom. The number of aromatic nitrogens is 2. The van der Waals surface area contributed by atoms with Crippen LogP contribution in [0, 0.1) is 5.92 Å². The third-order valence-electron chi connectivity index (χ3n) is 5.16. The summed E-state index contributed by atoms with van der Waals surface area (Å²) in [7, 11) is 0. The van der Waals surface area contributed by atoms with Crippen molar-refractivity contribution in [2.75, 3.05) is 18.0 Å². The zero-order valence-electron chi connectivity index (χ0n) is 14.0. The summed E-state index contributed by atoms with van der Waals surface area (Å²) in [5.74, 6) is 0.393. The van der Waals surface area contributed by atoms with Crippen molar-refractivity contribution >= 4 is 29.4 Å². The van der Waals surface area contributed by atoms with Gasteiger partial charge in [0.15, 0.2) is 5.54 Å². The molecule has 3 amide bonds. The van der Waals surface area contributed by atoms with Crippen LogP contribution in [0.4, 0.5) is 10.6 Å². The Morgan fingerprint density at radius 3 is 2.54 bits per heavy atom. The number of nitrogens with one attached hydrogen (secondary N) is 2. The smallest absolute Gasteiger partial charge is 0.322 e. The lowest BCUT2D eigenvalue weighted by Gasteiger charge is -2.41. The maximum absolute atomic E-state index is 12.7. The molecule has 26 heavy (non-hydrogen) atoms. The van der Waals surface area contributed by atoms with E-state index < -0.39 is 11.6 Å². The maximum atomic E-state index is 12.7. The van der Waals surface area contributed by atoms with Crippen molar-refractivity contribution in [1.82, 2.24) is 20.6 Å². The predicted octanol–water partition coefficient (Wildman–Crippen LogP) is 2.08. The molecule has 4 heterocycles. The van der Waals surface area contributed by atoms with Gasteiger partial charge in [-0.2, -0.15) is 0 Å². The highest BCUT2D eigenvalue weighted by molar-refractivity contribution is 6.32. The van der Waals surface area contributed by atoms with Crippen molar-refractivity contribution in [1.29, 1.82) is 0 Å². The van der Waals surface area contributed by atoms with Crippen LogP contribution < -0.4 is 15.5 Å². The molecule has 0 radical (unpaired) electrons. The third kappa shape index (κ3) is 2.68. The topological polar surface area (TPSA) is 87.2 Å². The minimum absolute atomic E-state index is 0.0445. The highest BCUT2D eigenvalue weighted by Crippen LogP contribution is 2.39. The van der Waals surface area contributed by atoms with Gasteiger partial charge in [0.25, 0.3) is 5.91 Å². The van der Waals surface area contributed by atoms with E-state index in [0.717, 1.165) is 18.7 Å². The molecular weight excluding hydrogens is 354 g/mol. The molecule has 1 atom stereocenters. The molecule has 2 aliphatic heterocycles. The van der Waals surface area contributed by atoms with Crippen LogP contribution in [0.3, 0.4) is 0 Å². The number of amides is 3. The molecule has 0 bridgehead atoms. The van der Waals surface area contributed by atoms with Gasteiger partial charge >= 0.3 is 6.03 Å². The molecule has 0 saturated carbocycles. The quantitative estimate of drug-likeness (QED) is 0.806. The normalized spacial score (nSPS) is 23.7. The first-order chi connectivity index (χ1) is 12.6. The Labute approximate surface area is 155 Å². The van der Waals surface area contributed by atoms with E-state index in [2.05, 4.69) is 25.5 Å². The SMILES string of the molecule is O=C1NC(=O)[C@@](c2cccnc2)(C2CCN(c3ncccc3Cl)CC2)N1. The molecule has 4 rings (SSSR count). The van der Waals surface area contributed by atoms with Gasteiger partial charge in [-0.1, -0.05) is 17.7 Å². The molecule has 2 aliphatic rings. The Bertz CT molecular complexity index is 838. The summed E-state index contributed by atoms with van der Waals surface area (Å²) in [5, 5.41) is 5.87. The molecule has 0 aliphatic carbocycles. The number of nitrogens with zero attached hydrogens (tertiary/aromatic N) is 3. The van der Waals surface area contributed by atoms with Gasteiger partial charge in [-0.05, 0) is 37.0 Å². The van der Waals surface area contributed by atoms with Crippen LogP contribution in [-0.4, -0.2) is 35.0 Å². The molecule has 0 aromatic carbocycles. The monoisotopic (exact) mass is 371 g/mol. The summed E-state index contributed by atoms with van der Waals surface area (Å²) >= 11 is 6.25. The second kappa shape index (κ2) is 6.57. The number of carbonyl (C=O) groups excluding carboxylic acids is 2. The lowest BCUT2D eigenvalue weighted by atomic mass is 9.73. The van der Waals surface area contributed by atoms with Gasteiger partial charge in [-0.3, -0.25) is 15.1 Å². The number of pyridine rings is 2. The number of carbonyl (C=O) groups is 2. The number of halogens is 1. The second-order valence-corrected chi connectivity index (χ2v) is 6.94. The van der Waals surface area contributed by atoms with E-state index in [1.165, 1.54) is 0 Å². The number of hydrogen-bond acceptors (Lipinski definition) is 5. The average molecular weight is 372 g/mol. The molecule has 2 fully saturated rings. The molecule has 2 aromatic rings. The van der Waals surface area contributed by atoms with Gasteiger partial charge in [-0.15, -0.1) is 0 Å². The minimum atomic E-state index is -1.08. The summed E-state index contributed by atoms with van der Waals surface area (Å²) in [6.45, 7) is 1.40. The summed E-state index contributed by atoms with van der Waals surface area (Å²) < 4.78 is 0. The van der Waals surface area contributed by atoms with Gasteiger partial charge in [0.1, 0.15) is 5.82 Å². The predicted molar refractivity (Wildman–Crippen MR) is 96.8 cm³/mol. The minimum Gasteiger partial charge on any atom is -0.355 e. The first-order valence-electron chi connectivity index (χ1n) is 8.51. The molecule has 2 saturated heterocycles. The Balaban J connectivity index is 1.61. The Morgan fingerprint density at radius 1 is 1.15 bits per heavy atom. The van der Waals surface area contributed by atoms with E-state index in [9.17, 15) is 9.59 Å². The highest BCUT2D eigenvalue weighted by atomic mass is 35.5. The summed E-state index contributed by atoms with van der Waals surface area (Å²) in [6, 6.07) is 6.76. The van der Waals surface area contributed by atoms with Crippen LogP contribution >= 0.6 is 11.6 Å². The van der Waals surface area contributed by atoms with E-state index >= 15 is 0 Å². The van der Waals surface area contributed by atoms with Crippen molar-refractivity contribution in [3.05, 3.63) is 53.4 Å². The summed E-state index contributed by atoms with van der Waals surface area (Å²) in [4.78, 5) is 35.3. The number of hydrogen-bond donors (Lipinski definition) is 2. The van der Waals surface area contributed by atoms with Crippen molar-refractivity contribution in [2.45, 2.75) is 18.4 Å². The Hall–Kier alpha value is -2.67. The van der Waals surface area contributed by atoms with Crippen LogP contribution in [0.15, 0.2) is 42.9 Å². The molecule has 2 N–H and O–H groups in total. The third-order valence-corrected chi connectivity index (χ3v) is 5.45. The van der Waals surface area contributed by atoms with Gasteiger partial charge in [0.05, 0.1) is 5.02 Å². The molecular formula is C18H18ClN5O2. The molecule has 134 valence electrons. The molecule has 2 aromatic heterocycles. The molecule has 7 nitrogen and oxygen atoms in total. The fourth-order valence-corrected chi connectivity index (χ4v) is 4.17. The summed E-state index contributed by atoms with van der Waals surface area (Å²) in [6.07, 6.45) is 6.45. The van der Waals surface area contributed by atoms with E-state index in [1.807, 2.05) is 12.1 Å². The van der Waals surface area contributed by atoms with Crippen molar-refractivity contribution in [2.24, 2.45) is 5.92 Å². The zero-order valence-corrected chi connectivity index (χ0v) is 14.7. The van der Waals surface area contributed by atoms with E-state index in [1.54, 1.807) is 30.7 Å². The number of urea groups is 1. The molecule has 0 spiro atoms.